The van der Waals surface area contributed by atoms with Gasteiger partial charge in [-0.1, -0.05) is 259 Å². The SMILES string of the molecule is CC/C=C\C/C=C\C/C=C\C/C=C\C/C=C\C/C=C\C/C=C\CCCCCCCC(=O)NC(COP(=O)([O-])OCC[N+](C)(C)C)C(O)/C=C/CCCCCCCCCCCCCCCCCCCCCCC. The number of phosphoric acid groups is 1. The molecule has 2 N–H and O–H groups in total. The zero-order chi connectivity index (χ0) is 52.7. The van der Waals surface area contributed by atoms with E-state index in [0.717, 1.165) is 103 Å². The van der Waals surface area contributed by atoms with Gasteiger partial charge >= 0.3 is 0 Å². The highest BCUT2D eigenvalue weighted by Crippen LogP contribution is 2.38. The first-order valence-corrected chi connectivity index (χ1v) is 31.1. The highest BCUT2D eigenvalue weighted by molar-refractivity contribution is 7.45. The molecule has 3 atom stereocenters. The smallest absolute Gasteiger partial charge is 0.268 e. The summed E-state index contributed by atoms with van der Waals surface area (Å²) in [6.07, 6.45) is 76.2. The number of carbonyl (C=O) groups excluding carboxylic acids is 1. The van der Waals surface area contributed by atoms with Gasteiger partial charge in [-0.15, -0.1) is 0 Å². The van der Waals surface area contributed by atoms with Crippen molar-refractivity contribution in [3.8, 4) is 0 Å². The lowest BCUT2D eigenvalue weighted by molar-refractivity contribution is -0.870. The van der Waals surface area contributed by atoms with Crippen LogP contribution in [0.4, 0.5) is 0 Å². The first-order chi connectivity index (χ1) is 35.0. The fourth-order valence-corrected chi connectivity index (χ4v) is 8.92. The molecule has 0 aromatic rings. The summed E-state index contributed by atoms with van der Waals surface area (Å²) in [5.41, 5.74) is 0. The second-order valence-electron chi connectivity index (χ2n) is 21.0. The molecule has 0 aliphatic carbocycles. The van der Waals surface area contributed by atoms with E-state index < -0.39 is 26.6 Å². The van der Waals surface area contributed by atoms with Crippen molar-refractivity contribution in [1.29, 1.82) is 0 Å². The van der Waals surface area contributed by atoms with Crippen LogP contribution in [-0.4, -0.2) is 68.5 Å². The molecular weight excluding hydrogens is 912 g/mol. The number of hydrogen-bond acceptors (Lipinski definition) is 6. The first-order valence-electron chi connectivity index (χ1n) is 29.6. The molecule has 8 nitrogen and oxygen atoms in total. The summed E-state index contributed by atoms with van der Waals surface area (Å²) in [4.78, 5) is 25.5. The zero-order valence-electron chi connectivity index (χ0n) is 47.4. The average molecular weight is 1030 g/mol. The number of carbonyl (C=O) groups is 1. The summed E-state index contributed by atoms with van der Waals surface area (Å²) in [6, 6.07) is -0.905. The Morgan fingerprint density at radius 3 is 1.24 bits per heavy atom. The Morgan fingerprint density at radius 1 is 0.500 bits per heavy atom. The molecule has 0 fully saturated rings. The molecule has 0 rings (SSSR count). The van der Waals surface area contributed by atoms with Gasteiger partial charge in [0.15, 0.2) is 0 Å². The van der Waals surface area contributed by atoms with E-state index in [4.69, 9.17) is 9.05 Å². The summed E-state index contributed by atoms with van der Waals surface area (Å²) in [5, 5.41) is 13.9. The van der Waals surface area contributed by atoms with Crippen molar-refractivity contribution in [1.82, 2.24) is 5.32 Å². The van der Waals surface area contributed by atoms with Crippen LogP contribution >= 0.6 is 7.82 Å². The Bertz CT molecular complexity index is 1490. The molecule has 1 amide bonds. The maximum absolute atomic E-state index is 13.0. The van der Waals surface area contributed by atoms with Crippen LogP contribution in [0.15, 0.2) is 97.2 Å². The molecule has 3 unspecified atom stereocenters. The molecule has 0 bridgehead atoms. The number of nitrogens with one attached hydrogen (secondary N) is 1. The van der Waals surface area contributed by atoms with Crippen LogP contribution in [0, 0.1) is 0 Å². The van der Waals surface area contributed by atoms with Gasteiger partial charge in [0, 0.05) is 6.42 Å². The maximum atomic E-state index is 13.0. The summed E-state index contributed by atoms with van der Waals surface area (Å²) < 4.78 is 23.4. The number of unbranched alkanes of at least 4 members (excludes halogenated alkanes) is 26. The molecule has 0 saturated heterocycles. The number of allylic oxidation sites excluding steroid dienone is 15. The van der Waals surface area contributed by atoms with E-state index >= 15 is 0 Å². The monoisotopic (exact) mass is 1020 g/mol. The summed E-state index contributed by atoms with van der Waals surface area (Å²) in [5.74, 6) is -0.218. The molecular formula is C63H113N2O6P. The van der Waals surface area contributed by atoms with Crippen molar-refractivity contribution in [2.75, 3.05) is 40.9 Å². The third kappa shape index (κ3) is 55.2. The topological polar surface area (TPSA) is 108 Å². The van der Waals surface area contributed by atoms with Gasteiger partial charge in [0.2, 0.25) is 5.91 Å². The molecule has 0 aliphatic heterocycles. The molecule has 0 heterocycles. The van der Waals surface area contributed by atoms with Gasteiger partial charge in [-0.3, -0.25) is 9.36 Å². The summed E-state index contributed by atoms with van der Waals surface area (Å²) >= 11 is 0. The second kappa shape index (κ2) is 53.3. The molecule has 0 spiro atoms. The molecule has 416 valence electrons. The Labute approximate surface area is 445 Å². The van der Waals surface area contributed by atoms with E-state index in [1.165, 1.54) is 122 Å². The van der Waals surface area contributed by atoms with E-state index in [9.17, 15) is 19.4 Å². The molecule has 0 saturated carbocycles. The van der Waals surface area contributed by atoms with E-state index in [1.54, 1.807) is 6.08 Å². The van der Waals surface area contributed by atoms with Crippen molar-refractivity contribution in [2.24, 2.45) is 0 Å². The number of rotatable bonds is 53. The number of amides is 1. The number of phosphoric ester groups is 1. The highest BCUT2D eigenvalue weighted by Gasteiger charge is 2.23. The van der Waals surface area contributed by atoms with Crippen LogP contribution < -0.4 is 10.2 Å². The fourth-order valence-electron chi connectivity index (χ4n) is 8.19. The van der Waals surface area contributed by atoms with Crippen LogP contribution in [-0.2, 0) is 18.4 Å². The predicted molar refractivity (Wildman–Crippen MR) is 311 cm³/mol. The Balaban J connectivity index is 4.29. The quantitative estimate of drug-likeness (QED) is 0.0272. The molecule has 72 heavy (non-hydrogen) atoms. The van der Waals surface area contributed by atoms with Crippen LogP contribution in [0.25, 0.3) is 0 Å². The minimum Gasteiger partial charge on any atom is -0.756 e. The third-order valence-corrected chi connectivity index (χ3v) is 13.8. The number of aliphatic hydroxyl groups is 1. The van der Waals surface area contributed by atoms with Crippen LogP contribution in [0.5, 0.6) is 0 Å². The number of likely N-dealkylation sites (N-methyl/N-ethyl adjacent to an activating group) is 1. The lowest BCUT2D eigenvalue weighted by Gasteiger charge is -2.29. The Morgan fingerprint density at radius 2 is 0.847 bits per heavy atom. The molecule has 0 radical (unpaired) electrons. The van der Waals surface area contributed by atoms with E-state index in [1.807, 2.05) is 27.2 Å². The molecule has 9 heteroatoms. The standard InChI is InChI=1S/C63H113N2O6P/c1-6-8-10-12-14-16-18-20-22-24-26-28-30-31-32-33-35-37-39-41-43-45-47-49-51-53-55-57-63(67)64-61(60-71-72(68,69)70-59-58-65(3,4)5)62(66)56-54-52-50-48-46-44-42-40-38-36-34-29-27-25-23-21-19-17-15-13-11-9-7-2/h8,10,14,16,20,22,26,28,31-32,35,37,41,43,54,56,61-62,66H,6-7,9,11-13,15,17-19,21,23-25,27,29-30,33-34,36,38-40,42,44-53,55,57-60H2,1-5H3,(H-,64,67,68,69)/b10-8-,16-14-,22-20-,28-26-,32-31-,37-35-,43-41-,56-54+. The van der Waals surface area contributed by atoms with Gasteiger partial charge in [0.05, 0.1) is 39.9 Å². The lowest BCUT2D eigenvalue weighted by atomic mass is 10.0. The lowest BCUT2D eigenvalue weighted by Crippen LogP contribution is -2.45. The van der Waals surface area contributed by atoms with Gasteiger partial charge in [-0.2, -0.15) is 0 Å². The minimum absolute atomic E-state index is 0.0100. The van der Waals surface area contributed by atoms with E-state index in [0.29, 0.717) is 17.4 Å². The fraction of sp³-hybridized carbons (Fsp3) is 0.730. The van der Waals surface area contributed by atoms with E-state index in [-0.39, 0.29) is 12.5 Å². The Kier molecular flexibility index (Phi) is 51.3. The number of hydrogen-bond donors (Lipinski definition) is 2. The molecule has 0 aromatic carbocycles. The predicted octanol–water partition coefficient (Wildman–Crippen LogP) is 17.6. The normalized spacial score (nSPS) is 14.6. The molecule has 0 aliphatic rings. The van der Waals surface area contributed by atoms with Crippen molar-refractivity contribution >= 4 is 13.7 Å². The van der Waals surface area contributed by atoms with Crippen molar-refractivity contribution in [3.05, 3.63) is 97.2 Å². The number of aliphatic hydroxyl groups excluding tert-OH is 1. The van der Waals surface area contributed by atoms with Crippen molar-refractivity contribution < 1.29 is 32.9 Å². The highest BCUT2D eigenvalue weighted by atomic mass is 31.2. The van der Waals surface area contributed by atoms with Crippen LogP contribution in [0.3, 0.4) is 0 Å². The van der Waals surface area contributed by atoms with Crippen molar-refractivity contribution in [2.45, 2.75) is 257 Å². The van der Waals surface area contributed by atoms with Crippen LogP contribution in [0.2, 0.25) is 0 Å². The van der Waals surface area contributed by atoms with Crippen LogP contribution in [0.1, 0.15) is 245 Å². The Hall–Kier alpha value is -2.58. The van der Waals surface area contributed by atoms with Gasteiger partial charge in [0.25, 0.3) is 7.82 Å². The third-order valence-electron chi connectivity index (χ3n) is 12.8. The largest absolute Gasteiger partial charge is 0.756 e. The summed E-state index contributed by atoms with van der Waals surface area (Å²) in [7, 11) is 1.24. The maximum Gasteiger partial charge on any atom is 0.268 e. The van der Waals surface area contributed by atoms with E-state index in [2.05, 4.69) is 104 Å². The first kappa shape index (κ1) is 69.4. The number of quaternary nitrogens is 1. The van der Waals surface area contributed by atoms with Crippen molar-refractivity contribution in [3.63, 3.8) is 0 Å². The van der Waals surface area contributed by atoms with Gasteiger partial charge < -0.3 is 28.8 Å². The number of nitrogens with zero attached hydrogens (tertiary/aromatic N) is 1. The zero-order valence-corrected chi connectivity index (χ0v) is 48.2. The van der Waals surface area contributed by atoms with Gasteiger partial charge in [-0.05, 0) is 77.0 Å². The average Bonchev–Trinajstić information content (AvgIpc) is 3.34. The minimum atomic E-state index is -4.61. The van der Waals surface area contributed by atoms with Gasteiger partial charge in [-0.25, -0.2) is 0 Å². The van der Waals surface area contributed by atoms with Gasteiger partial charge in [0.1, 0.15) is 13.2 Å². The second-order valence-corrected chi connectivity index (χ2v) is 22.4. The summed E-state index contributed by atoms with van der Waals surface area (Å²) in [6.45, 7) is 4.53. The molecule has 0 aromatic heterocycles.